The van der Waals surface area contributed by atoms with Gasteiger partial charge in [-0.3, -0.25) is 4.89 Å². The second kappa shape index (κ2) is 14.4. The van der Waals surface area contributed by atoms with E-state index in [4.69, 9.17) is 25.2 Å². The Labute approximate surface area is 165 Å². The molecule has 0 aliphatic heterocycles. The van der Waals surface area contributed by atoms with Crippen LogP contribution >= 0.6 is 0 Å². The number of carbonyl (C=O) groups excluding carboxylic acids is 1. The minimum atomic E-state index is -1.27. The van der Waals surface area contributed by atoms with Gasteiger partial charge in [0.2, 0.25) is 11.6 Å². The average Bonchev–Trinajstić information content (AvgIpc) is 2.75. The Balaban J connectivity index is 0.000000521. The molecule has 2 N–H and O–H groups in total. The summed E-state index contributed by atoms with van der Waals surface area (Å²) in [5.74, 6) is -2.98. The second-order valence-corrected chi connectivity index (χ2v) is 6.24. The van der Waals surface area contributed by atoms with Gasteiger partial charge in [-0.25, -0.2) is 25.1 Å². The monoisotopic (exact) mass is 404 g/mol. The zero-order chi connectivity index (χ0) is 21.5. The Bertz CT molecular complexity index is 495. The topological polar surface area (TPSA) is 113 Å². The van der Waals surface area contributed by atoms with Gasteiger partial charge in [-0.2, -0.15) is 14.7 Å². The molecule has 0 fully saturated rings. The summed E-state index contributed by atoms with van der Waals surface area (Å²) in [6.45, 7) is 8.95. The molecule has 9 heteroatoms. The van der Waals surface area contributed by atoms with Crippen molar-refractivity contribution in [2.45, 2.75) is 71.9 Å². The van der Waals surface area contributed by atoms with Gasteiger partial charge < -0.3 is 0 Å². The summed E-state index contributed by atoms with van der Waals surface area (Å²) >= 11 is 0. The highest BCUT2D eigenvalue weighted by molar-refractivity contribution is 5.88. The molecule has 0 heterocycles. The molecule has 0 saturated heterocycles. The van der Waals surface area contributed by atoms with E-state index >= 15 is 0 Å². The van der Waals surface area contributed by atoms with E-state index in [1.54, 1.807) is 38.1 Å². The van der Waals surface area contributed by atoms with Gasteiger partial charge in [-0.15, -0.1) is 0 Å². The van der Waals surface area contributed by atoms with Crippen molar-refractivity contribution in [1.82, 2.24) is 0 Å². The third-order valence-electron chi connectivity index (χ3n) is 3.79. The third-order valence-corrected chi connectivity index (χ3v) is 3.79. The number of carbonyl (C=O) groups is 1. The normalized spacial score (nSPS) is 15.0. The van der Waals surface area contributed by atoms with Gasteiger partial charge in [0.15, 0.2) is 0 Å². The first kappa shape index (κ1) is 26.4. The van der Waals surface area contributed by atoms with Crippen molar-refractivity contribution < 1.29 is 44.6 Å². The predicted octanol–water partition coefficient (Wildman–Crippen LogP) is 4.74. The Morgan fingerprint density at radius 2 is 1.43 bits per heavy atom. The van der Waals surface area contributed by atoms with Gasteiger partial charge in [0.1, 0.15) is 0 Å². The second-order valence-electron chi connectivity index (χ2n) is 6.24. The van der Waals surface area contributed by atoms with E-state index in [0.29, 0.717) is 25.0 Å². The van der Waals surface area contributed by atoms with E-state index in [9.17, 15) is 4.79 Å². The fourth-order valence-corrected chi connectivity index (χ4v) is 1.37. The average molecular weight is 404 g/mol. The van der Waals surface area contributed by atoms with Crippen molar-refractivity contribution in [3.63, 3.8) is 0 Å². The molecule has 2 unspecified atom stereocenters. The lowest BCUT2D eigenvalue weighted by Gasteiger charge is -2.29. The van der Waals surface area contributed by atoms with Crippen molar-refractivity contribution in [3.8, 4) is 0 Å². The minimum Gasteiger partial charge on any atom is -0.293 e. The minimum absolute atomic E-state index is 0.370. The van der Waals surface area contributed by atoms with E-state index < -0.39 is 17.5 Å². The Morgan fingerprint density at radius 3 is 1.82 bits per heavy atom. The number of unbranched alkanes of at least 4 members (excludes halogenated alkanes) is 1. The summed E-state index contributed by atoms with van der Waals surface area (Å²) in [4.78, 5) is 38.4. The summed E-state index contributed by atoms with van der Waals surface area (Å²) in [5, 5.41) is 17.0. The molecule has 9 nitrogen and oxygen atoms in total. The smallest absolute Gasteiger partial charge is 0.293 e. The van der Waals surface area contributed by atoms with Crippen LogP contribution in [0.4, 0.5) is 0 Å². The Morgan fingerprint density at radius 1 is 0.929 bits per heavy atom. The van der Waals surface area contributed by atoms with E-state index in [1.807, 2.05) is 13.0 Å². The van der Waals surface area contributed by atoms with Crippen LogP contribution < -0.4 is 0 Å². The zero-order valence-corrected chi connectivity index (χ0v) is 17.2. The van der Waals surface area contributed by atoms with Crippen LogP contribution in [-0.2, 0) is 29.3 Å². The van der Waals surface area contributed by atoms with E-state index in [0.717, 1.165) is 12.8 Å². The zero-order valence-electron chi connectivity index (χ0n) is 17.2. The summed E-state index contributed by atoms with van der Waals surface area (Å²) in [5.41, 5.74) is 0.504. The molecule has 0 spiro atoms. The first-order chi connectivity index (χ1) is 13.3. The quantitative estimate of drug-likeness (QED) is 0.221. The molecular weight excluding hydrogens is 372 g/mol. The van der Waals surface area contributed by atoms with E-state index in [2.05, 4.69) is 14.7 Å². The largest absolute Gasteiger partial charge is 0.373 e. The molecule has 1 rings (SSSR count). The van der Waals surface area contributed by atoms with E-state index in [-0.39, 0.29) is 0 Å². The van der Waals surface area contributed by atoms with E-state index in [1.165, 1.54) is 13.8 Å². The Kier molecular flexibility index (Phi) is 13.6. The van der Waals surface area contributed by atoms with Gasteiger partial charge in [0.05, 0.1) is 12.2 Å². The molecule has 1 aromatic carbocycles. The molecule has 0 aliphatic carbocycles. The highest BCUT2D eigenvalue weighted by Gasteiger charge is 2.33. The van der Waals surface area contributed by atoms with Crippen LogP contribution in [0.3, 0.4) is 0 Å². The highest BCUT2D eigenvalue weighted by atomic mass is 17.3. The molecule has 0 amide bonds. The highest BCUT2D eigenvalue weighted by Crippen LogP contribution is 2.23. The molecular formula is C19H32O9. The molecule has 0 saturated carbocycles. The molecule has 0 aliphatic rings. The van der Waals surface area contributed by atoms with Crippen LogP contribution in [0.25, 0.3) is 0 Å². The van der Waals surface area contributed by atoms with Crippen molar-refractivity contribution in [1.29, 1.82) is 0 Å². The van der Waals surface area contributed by atoms with Crippen LogP contribution in [0, 0.1) is 0 Å². The van der Waals surface area contributed by atoms with Crippen molar-refractivity contribution >= 4 is 5.97 Å². The molecule has 28 heavy (non-hydrogen) atoms. The maximum atomic E-state index is 11.3. The van der Waals surface area contributed by atoms with Crippen molar-refractivity contribution in [2.24, 2.45) is 0 Å². The van der Waals surface area contributed by atoms with Gasteiger partial charge >= 0.3 is 5.97 Å². The van der Waals surface area contributed by atoms with Gasteiger partial charge in [0, 0.05) is 12.8 Å². The molecule has 1 aromatic rings. The lowest BCUT2D eigenvalue weighted by Crippen LogP contribution is -2.38. The van der Waals surface area contributed by atoms with Crippen molar-refractivity contribution in [3.05, 3.63) is 35.9 Å². The molecule has 162 valence electrons. The van der Waals surface area contributed by atoms with Crippen LogP contribution in [0.1, 0.15) is 70.7 Å². The maximum Gasteiger partial charge on any atom is 0.373 e. The van der Waals surface area contributed by atoms with Gasteiger partial charge in [0.25, 0.3) is 0 Å². The number of hydrogen-bond donors (Lipinski definition) is 2. The number of benzene rings is 1. The SMILES string of the molecule is CCC(C)(OO)OOC(C)(CC)OO.CCCCOOC(=O)c1ccccc1. The molecule has 0 aromatic heterocycles. The van der Waals surface area contributed by atoms with Crippen LogP contribution in [0.5, 0.6) is 0 Å². The van der Waals surface area contributed by atoms with Crippen LogP contribution in [-0.4, -0.2) is 34.7 Å². The third kappa shape index (κ3) is 10.7. The fraction of sp³-hybridized carbons (Fsp3) is 0.632. The van der Waals surface area contributed by atoms with Crippen molar-refractivity contribution in [2.75, 3.05) is 6.61 Å². The lowest BCUT2D eigenvalue weighted by atomic mass is 10.2. The summed E-state index contributed by atoms with van der Waals surface area (Å²) in [6, 6.07) is 8.77. The predicted molar refractivity (Wildman–Crippen MR) is 99.7 cm³/mol. The Hall–Kier alpha value is -1.59. The maximum absolute atomic E-state index is 11.3. The summed E-state index contributed by atoms with van der Waals surface area (Å²) in [6.07, 6.45) is 2.65. The first-order valence-corrected chi connectivity index (χ1v) is 9.20. The standard InChI is InChI=1S/C11H14O3.C8H18O6/c1-2-3-9-13-14-11(12)10-7-5-4-6-8-10;1-5-7(3,11-9)13-14-8(4,6-2)12-10/h4-8H,2-3,9H2,1H3;9-10H,5-6H2,1-4H3. The van der Waals surface area contributed by atoms with Gasteiger partial charge in [-0.1, -0.05) is 45.4 Å². The van der Waals surface area contributed by atoms with Crippen LogP contribution in [0.15, 0.2) is 30.3 Å². The molecule has 0 radical (unpaired) electrons. The van der Waals surface area contributed by atoms with Gasteiger partial charge in [-0.05, 0) is 32.4 Å². The fourth-order valence-electron chi connectivity index (χ4n) is 1.37. The summed E-state index contributed by atoms with van der Waals surface area (Å²) < 4.78 is 0. The lowest BCUT2D eigenvalue weighted by molar-refractivity contribution is -0.566. The summed E-state index contributed by atoms with van der Waals surface area (Å²) in [7, 11) is 0. The molecule has 2 atom stereocenters. The molecule has 0 bridgehead atoms. The van der Waals surface area contributed by atoms with Crippen LogP contribution in [0.2, 0.25) is 0 Å². The number of hydrogen-bond acceptors (Lipinski definition) is 9. The first-order valence-electron chi connectivity index (χ1n) is 9.20. The number of rotatable bonds is 12.